The van der Waals surface area contributed by atoms with Gasteiger partial charge in [-0.25, -0.2) is 0 Å². The number of allylic oxidation sites excluding steroid dienone is 1. The normalized spacial score (nSPS) is 29.4. The van der Waals surface area contributed by atoms with Crippen molar-refractivity contribution in [2.45, 2.75) is 79.8 Å². The van der Waals surface area contributed by atoms with Gasteiger partial charge in [-0.2, -0.15) is 0 Å². The minimum Gasteiger partial charge on any atom is -0.507 e. The van der Waals surface area contributed by atoms with Crippen LogP contribution < -0.4 is 0 Å². The number of aryl methyl sites for hydroxylation is 1. The highest BCUT2D eigenvalue weighted by Crippen LogP contribution is 2.65. The molecule has 0 bridgehead atoms. The van der Waals surface area contributed by atoms with Gasteiger partial charge < -0.3 is 15.3 Å². The molecule has 0 heterocycles. The van der Waals surface area contributed by atoms with Gasteiger partial charge in [0.15, 0.2) is 11.4 Å². The second-order valence-corrected chi connectivity index (χ2v) is 13.2. The number of aliphatic hydroxyl groups excluding tert-OH is 1. The monoisotopic (exact) mass is 556 g/mol. The fourth-order valence-corrected chi connectivity index (χ4v) is 8.66. The van der Waals surface area contributed by atoms with Crippen LogP contribution in [0.25, 0.3) is 16.9 Å². The van der Waals surface area contributed by atoms with Crippen molar-refractivity contribution in [3.05, 3.63) is 69.8 Å². The highest BCUT2D eigenvalue weighted by atomic mass is 16.3. The fourth-order valence-electron chi connectivity index (χ4n) is 8.66. The number of aliphatic hydroxyl groups is 2. The van der Waals surface area contributed by atoms with Crippen LogP contribution >= 0.6 is 0 Å². The summed E-state index contributed by atoms with van der Waals surface area (Å²) in [6.45, 7) is 12.8. The third-order valence-corrected chi connectivity index (χ3v) is 10.00. The summed E-state index contributed by atoms with van der Waals surface area (Å²) in [4.78, 5) is 41.1. The zero-order chi connectivity index (χ0) is 30.2. The molecular formula is C35H40O6. The van der Waals surface area contributed by atoms with Crippen LogP contribution in [0.4, 0.5) is 0 Å². The van der Waals surface area contributed by atoms with E-state index in [9.17, 15) is 29.7 Å². The Bertz CT molecular complexity index is 1560. The van der Waals surface area contributed by atoms with Crippen LogP contribution in [-0.4, -0.2) is 38.3 Å². The van der Waals surface area contributed by atoms with Gasteiger partial charge in [-0.05, 0) is 73.3 Å². The number of phenols is 1. The molecule has 0 amide bonds. The lowest BCUT2D eigenvalue weighted by atomic mass is 9.42. The van der Waals surface area contributed by atoms with Crippen molar-refractivity contribution in [1.82, 2.24) is 0 Å². The minimum absolute atomic E-state index is 0.0611. The molecule has 0 unspecified atom stereocenters. The molecule has 3 N–H and O–H groups in total. The number of hydrogen-bond acceptors (Lipinski definition) is 6. The van der Waals surface area contributed by atoms with Gasteiger partial charge in [-0.1, -0.05) is 76.9 Å². The Morgan fingerprint density at radius 2 is 1.66 bits per heavy atom. The average Bonchev–Trinajstić information content (AvgIpc) is 2.86. The van der Waals surface area contributed by atoms with Crippen LogP contribution in [0.15, 0.2) is 53.1 Å². The first kappa shape index (κ1) is 29.0. The Balaban J connectivity index is 1.76. The predicted molar refractivity (Wildman–Crippen MR) is 158 cm³/mol. The van der Waals surface area contributed by atoms with E-state index in [0.29, 0.717) is 12.0 Å². The maximum Gasteiger partial charge on any atom is 0.206 e. The minimum atomic E-state index is -2.52. The summed E-state index contributed by atoms with van der Waals surface area (Å²) in [7, 11) is 0. The lowest BCUT2D eigenvalue weighted by molar-refractivity contribution is -0.180. The maximum atomic E-state index is 14.5. The van der Waals surface area contributed by atoms with E-state index >= 15 is 0 Å². The van der Waals surface area contributed by atoms with Gasteiger partial charge in [0.05, 0.1) is 11.1 Å². The van der Waals surface area contributed by atoms with Gasteiger partial charge in [0, 0.05) is 16.4 Å². The second-order valence-electron chi connectivity index (χ2n) is 13.2. The van der Waals surface area contributed by atoms with Gasteiger partial charge in [0.25, 0.3) is 0 Å². The third kappa shape index (κ3) is 3.83. The molecule has 0 radical (unpaired) electrons. The number of ketones is 3. The summed E-state index contributed by atoms with van der Waals surface area (Å²) >= 11 is 0. The van der Waals surface area contributed by atoms with E-state index in [4.69, 9.17) is 0 Å². The standard InChI is InChI=1S/C35H40O6/c1-8-9-21-10-12-22(13-11-21)23-14-15-25(37)27-24(23)16-33(6)17-34(7)28(18(2)3)19(4)26(20(5)36)31(39)35(34,41)32(40)29(33)30(27)38/h10-15,18,28,37-38,41H,8-9,16-17H2,1-7H3/t28-,33+,34+,35-/m1/s1. The van der Waals surface area contributed by atoms with Crippen molar-refractivity contribution in [3.63, 3.8) is 0 Å². The molecule has 6 nitrogen and oxygen atoms in total. The van der Waals surface area contributed by atoms with Crippen molar-refractivity contribution in [1.29, 1.82) is 0 Å². The van der Waals surface area contributed by atoms with Crippen molar-refractivity contribution in [3.8, 4) is 16.9 Å². The zero-order valence-electron chi connectivity index (χ0n) is 25.0. The SMILES string of the molecule is CCCc1ccc(-c2ccc(O)c3c2C[C@@]2(C)C[C@@]4(C)[C@H](C(C)C)C(C)=C(C(C)=O)C(=O)[C@@]4(O)C(=O)C2=C3O)cc1. The van der Waals surface area contributed by atoms with Crippen molar-refractivity contribution in [2.24, 2.45) is 22.7 Å². The number of carbonyl (C=O) groups is 3. The first-order valence-electron chi connectivity index (χ1n) is 14.6. The summed E-state index contributed by atoms with van der Waals surface area (Å²) in [6.07, 6.45) is 2.55. The lowest BCUT2D eigenvalue weighted by Gasteiger charge is -2.60. The van der Waals surface area contributed by atoms with E-state index in [2.05, 4.69) is 19.1 Å². The van der Waals surface area contributed by atoms with E-state index in [1.807, 2.05) is 39.0 Å². The number of aromatic hydroxyl groups is 1. The molecule has 0 saturated heterocycles. The molecule has 2 aromatic rings. The van der Waals surface area contributed by atoms with Gasteiger partial charge in [-0.15, -0.1) is 0 Å². The highest BCUT2D eigenvalue weighted by molar-refractivity contribution is 6.33. The van der Waals surface area contributed by atoms with Crippen LogP contribution in [0.3, 0.4) is 0 Å². The molecule has 216 valence electrons. The Morgan fingerprint density at radius 1 is 1.02 bits per heavy atom. The molecular weight excluding hydrogens is 516 g/mol. The van der Waals surface area contributed by atoms with Crippen molar-refractivity contribution < 1.29 is 29.7 Å². The van der Waals surface area contributed by atoms with E-state index in [1.54, 1.807) is 13.8 Å². The largest absolute Gasteiger partial charge is 0.507 e. The molecule has 1 saturated carbocycles. The van der Waals surface area contributed by atoms with E-state index < -0.39 is 45.5 Å². The number of fused-ring (bicyclic) bond motifs is 3. The Hall–Kier alpha value is -3.51. The maximum absolute atomic E-state index is 14.5. The van der Waals surface area contributed by atoms with Crippen LogP contribution in [0.1, 0.15) is 78.0 Å². The smallest absolute Gasteiger partial charge is 0.206 e. The molecule has 3 aliphatic rings. The Morgan fingerprint density at radius 3 is 2.22 bits per heavy atom. The number of carbonyl (C=O) groups excluding carboxylic acids is 3. The quantitative estimate of drug-likeness (QED) is 0.294. The first-order chi connectivity index (χ1) is 19.1. The average molecular weight is 557 g/mol. The molecule has 0 aliphatic heterocycles. The summed E-state index contributed by atoms with van der Waals surface area (Å²) in [5.41, 5.74) is -0.415. The second kappa shape index (κ2) is 9.52. The molecule has 41 heavy (non-hydrogen) atoms. The number of benzene rings is 2. The van der Waals surface area contributed by atoms with Gasteiger partial charge in [0.1, 0.15) is 11.5 Å². The van der Waals surface area contributed by atoms with Crippen LogP contribution in [0, 0.1) is 22.7 Å². The summed E-state index contributed by atoms with van der Waals surface area (Å²) in [5, 5.41) is 34.9. The zero-order valence-corrected chi connectivity index (χ0v) is 25.0. The van der Waals surface area contributed by atoms with Gasteiger partial charge in [-0.3, -0.25) is 14.4 Å². The summed E-state index contributed by atoms with van der Waals surface area (Å²) in [5.74, 6) is -3.37. The van der Waals surface area contributed by atoms with E-state index in [-0.39, 0.29) is 34.8 Å². The summed E-state index contributed by atoms with van der Waals surface area (Å²) in [6, 6.07) is 11.6. The van der Waals surface area contributed by atoms with Gasteiger partial charge >= 0.3 is 0 Å². The predicted octanol–water partition coefficient (Wildman–Crippen LogP) is 6.31. The van der Waals surface area contributed by atoms with Crippen LogP contribution in [0.2, 0.25) is 0 Å². The molecule has 4 atom stereocenters. The number of hydrogen-bond donors (Lipinski definition) is 3. The molecule has 1 fully saturated rings. The van der Waals surface area contributed by atoms with Crippen LogP contribution in [-0.2, 0) is 27.2 Å². The molecule has 0 aromatic heterocycles. The van der Waals surface area contributed by atoms with Gasteiger partial charge in [0.2, 0.25) is 11.6 Å². The molecule has 3 aliphatic carbocycles. The molecule has 5 rings (SSSR count). The Kier molecular flexibility index (Phi) is 6.73. The first-order valence-corrected chi connectivity index (χ1v) is 14.6. The fraction of sp³-hybridized carbons (Fsp3) is 0.457. The lowest BCUT2D eigenvalue weighted by Crippen LogP contribution is -2.70. The topological polar surface area (TPSA) is 112 Å². The highest BCUT2D eigenvalue weighted by Gasteiger charge is 2.72. The summed E-state index contributed by atoms with van der Waals surface area (Å²) < 4.78 is 0. The number of phenolic OH excluding ortho intramolecular Hbond substituents is 1. The Labute approximate surface area is 241 Å². The van der Waals surface area contributed by atoms with E-state index in [0.717, 1.165) is 29.5 Å². The third-order valence-electron chi connectivity index (χ3n) is 10.00. The number of Topliss-reactive ketones (excluding diaryl/α,β-unsaturated/α-hetero) is 3. The molecule has 2 aromatic carbocycles. The van der Waals surface area contributed by atoms with Crippen molar-refractivity contribution in [2.75, 3.05) is 0 Å². The molecule has 6 heteroatoms. The number of rotatable bonds is 5. The molecule has 0 spiro atoms. The van der Waals surface area contributed by atoms with E-state index in [1.165, 1.54) is 18.6 Å². The van der Waals surface area contributed by atoms with Crippen molar-refractivity contribution >= 4 is 23.1 Å². The van der Waals surface area contributed by atoms with Crippen LogP contribution in [0.5, 0.6) is 5.75 Å².